The fourth-order valence-corrected chi connectivity index (χ4v) is 2.53. The first-order valence-electron chi connectivity index (χ1n) is 7.87. The molecule has 6 heteroatoms. The third kappa shape index (κ3) is 4.68. The Hall–Kier alpha value is -2.11. The van der Waals surface area contributed by atoms with Crippen LogP contribution in [0.15, 0.2) is 18.3 Å². The van der Waals surface area contributed by atoms with Crippen molar-refractivity contribution in [2.75, 3.05) is 33.3 Å². The molecular formula is C17H25N3O3. The number of aromatic nitrogens is 1. The van der Waals surface area contributed by atoms with E-state index in [9.17, 15) is 9.59 Å². The van der Waals surface area contributed by atoms with Crippen LogP contribution in [0.1, 0.15) is 37.6 Å². The molecule has 1 fully saturated rings. The van der Waals surface area contributed by atoms with Gasteiger partial charge in [0.15, 0.2) is 0 Å². The Morgan fingerprint density at radius 1 is 1.13 bits per heavy atom. The van der Waals surface area contributed by atoms with Crippen molar-refractivity contribution >= 4 is 11.8 Å². The average Bonchev–Trinajstić information content (AvgIpc) is 2.53. The fraction of sp³-hybridized carbons (Fsp3) is 0.588. The van der Waals surface area contributed by atoms with Crippen LogP contribution in [-0.4, -0.2) is 59.9 Å². The van der Waals surface area contributed by atoms with E-state index in [4.69, 9.17) is 4.74 Å². The third-order valence-electron chi connectivity index (χ3n) is 3.79. The molecule has 0 unspecified atom stereocenters. The maximum atomic E-state index is 12.4. The van der Waals surface area contributed by atoms with E-state index in [1.165, 1.54) is 13.3 Å². The predicted molar refractivity (Wildman–Crippen MR) is 87.3 cm³/mol. The number of carbonyl (C=O) groups is 2. The number of hydrogen-bond acceptors (Lipinski definition) is 4. The van der Waals surface area contributed by atoms with E-state index in [0.717, 1.165) is 0 Å². The predicted octanol–water partition coefficient (Wildman–Crippen LogP) is 1.81. The van der Waals surface area contributed by atoms with Crippen molar-refractivity contribution in [1.29, 1.82) is 0 Å². The van der Waals surface area contributed by atoms with Crippen LogP contribution >= 0.6 is 0 Å². The Kier molecular flexibility index (Phi) is 5.23. The average molecular weight is 319 g/mol. The normalized spacial score (nSPS) is 15.5. The fourth-order valence-electron chi connectivity index (χ4n) is 2.53. The summed E-state index contributed by atoms with van der Waals surface area (Å²) in [7, 11) is 1.54. The first-order chi connectivity index (χ1) is 10.8. The number of ether oxygens (including phenoxy) is 1. The molecule has 0 radical (unpaired) electrons. The summed E-state index contributed by atoms with van der Waals surface area (Å²) < 4.78 is 4.99. The number of rotatable bonds is 3. The molecule has 1 aliphatic rings. The Balaban J connectivity index is 1.90. The van der Waals surface area contributed by atoms with Gasteiger partial charge in [0.1, 0.15) is 0 Å². The maximum absolute atomic E-state index is 12.4. The molecule has 0 spiro atoms. The molecule has 2 rings (SSSR count). The Bertz CT molecular complexity index is 555. The summed E-state index contributed by atoms with van der Waals surface area (Å²) in [5.74, 6) is 0.595. The van der Waals surface area contributed by atoms with Crippen molar-refractivity contribution in [2.45, 2.75) is 27.2 Å². The van der Waals surface area contributed by atoms with Crippen LogP contribution in [0.2, 0.25) is 0 Å². The molecule has 0 bridgehead atoms. The smallest absolute Gasteiger partial charge is 0.255 e. The van der Waals surface area contributed by atoms with Gasteiger partial charge in [0, 0.05) is 44.9 Å². The minimum atomic E-state index is -0.0527. The highest BCUT2D eigenvalue weighted by molar-refractivity contribution is 5.94. The molecule has 0 saturated carbocycles. The molecule has 0 atom stereocenters. The summed E-state index contributed by atoms with van der Waals surface area (Å²) in [6, 6.07) is 3.39. The van der Waals surface area contributed by atoms with Gasteiger partial charge < -0.3 is 14.5 Å². The van der Waals surface area contributed by atoms with E-state index in [0.29, 0.717) is 44.0 Å². The van der Waals surface area contributed by atoms with E-state index in [1.807, 2.05) is 4.90 Å². The highest BCUT2D eigenvalue weighted by Crippen LogP contribution is 2.20. The van der Waals surface area contributed by atoms with Crippen molar-refractivity contribution in [2.24, 2.45) is 5.41 Å². The summed E-state index contributed by atoms with van der Waals surface area (Å²) in [6.07, 6.45) is 2.06. The van der Waals surface area contributed by atoms with E-state index >= 15 is 0 Å². The van der Waals surface area contributed by atoms with Gasteiger partial charge in [-0.2, -0.15) is 0 Å². The largest absolute Gasteiger partial charge is 0.481 e. The molecule has 0 aliphatic carbocycles. The lowest BCUT2D eigenvalue weighted by Crippen LogP contribution is -2.51. The van der Waals surface area contributed by atoms with Crippen LogP contribution in [0.3, 0.4) is 0 Å². The van der Waals surface area contributed by atoms with Crippen molar-refractivity contribution in [1.82, 2.24) is 14.8 Å². The van der Waals surface area contributed by atoms with E-state index < -0.39 is 0 Å². The zero-order valence-electron chi connectivity index (χ0n) is 14.3. The quantitative estimate of drug-likeness (QED) is 0.852. The Morgan fingerprint density at radius 2 is 1.74 bits per heavy atom. The standard InChI is InChI=1S/C17H25N3O3/c1-17(2,3)11-15(21)19-7-9-20(10-8-19)16(22)13-5-6-14(23-4)18-12-13/h5-6,12H,7-11H2,1-4H3. The number of hydrogen-bond donors (Lipinski definition) is 0. The number of nitrogens with zero attached hydrogens (tertiary/aromatic N) is 3. The number of piperazine rings is 1. The molecule has 2 amide bonds. The minimum Gasteiger partial charge on any atom is -0.481 e. The van der Waals surface area contributed by atoms with Gasteiger partial charge in [0.05, 0.1) is 12.7 Å². The molecule has 0 N–H and O–H groups in total. The van der Waals surface area contributed by atoms with Crippen molar-refractivity contribution in [3.05, 3.63) is 23.9 Å². The summed E-state index contributed by atoms with van der Waals surface area (Å²) in [6.45, 7) is 8.46. The van der Waals surface area contributed by atoms with Gasteiger partial charge in [-0.1, -0.05) is 20.8 Å². The van der Waals surface area contributed by atoms with Gasteiger partial charge in [-0.3, -0.25) is 9.59 Å². The lowest BCUT2D eigenvalue weighted by atomic mass is 9.91. The van der Waals surface area contributed by atoms with Crippen molar-refractivity contribution < 1.29 is 14.3 Å². The molecule has 1 aliphatic heterocycles. The van der Waals surface area contributed by atoms with E-state index in [2.05, 4.69) is 25.8 Å². The molecular weight excluding hydrogens is 294 g/mol. The number of methoxy groups -OCH3 is 1. The van der Waals surface area contributed by atoms with Crippen LogP contribution in [-0.2, 0) is 4.79 Å². The second-order valence-electron chi connectivity index (χ2n) is 7.00. The molecule has 6 nitrogen and oxygen atoms in total. The van der Waals surface area contributed by atoms with Crippen molar-refractivity contribution in [3.63, 3.8) is 0 Å². The van der Waals surface area contributed by atoms with Gasteiger partial charge in [0.2, 0.25) is 11.8 Å². The molecule has 23 heavy (non-hydrogen) atoms. The molecule has 0 aromatic carbocycles. The Labute approximate surface area is 137 Å². The first kappa shape index (κ1) is 17.2. The number of pyridine rings is 1. The van der Waals surface area contributed by atoms with Crippen LogP contribution in [0.25, 0.3) is 0 Å². The highest BCUT2D eigenvalue weighted by Gasteiger charge is 2.27. The maximum Gasteiger partial charge on any atom is 0.255 e. The van der Waals surface area contributed by atoms with E-state index in [1.54, 1.807) is 17.0 Å². The van der Waals surface area contributed by atoms with E-state index in [-0.39, 0.29) is 17.2 Å². The van der Waals surface area contributed by atoms with Gasteiger partial charge in [-0.05, 0) is 11.5 Å². The summed E-state index contributed by atoms with van der Waals surface area (Å²) in [5, 5.41) is 0. The molecule has 1 saturated heterocycles. The summed E-state index contributed by atoms with van der Waals surface area (Å²) >= 11 is 0. The number of carbonyl (C=O) groups excluding carboxylic acids is 2. The second kappa shape index (κ2) is 6.98. The minimum absolute atomic E-state index is 0.0151. The van der Waals surface area contributed by atoms with Crippen LogP contribution in [0.4, 0.5) is 0 Å². The number of amides is 2. The molecule has 2 heterocycles. The second-order valence-corrected chi connectivity index (χ2v) is 7.00. The monoisotopic (exact) mass is 319 g/mol. The van der Waals surface area contributed by atoms with Gasteiger partial charge in [-0.25, -0.2) is 4.98 Å². The summed E-state index contributed by atoms with van der Waals surface area (Å²) in [5.41, 5.74) is 0.527. The zero-order chi connectivity index (χ0) is 17.0. The van der Waals surface area contributed by atoms with Crippen molar-refractivity contribution in [3.8, 4) is 5.88 Å². The molecule has 1 aromatic heterocycles. The van der Waals surface area contributed by atoms with Gasteiger partial charge in [-0.15, -0.1) is 0 Å². The third-order valence-corrected chi connectivity index (χ3v) is 3.79. The lowest BCUT2D eigenvalue weighted by molar-refractivity contribution is -0.134. The van der Waals surface area contributed by atoms with Gasteiger partial charge >= 0.3 is 0 Å². The topological polar surface area (TPSA) is 62.7 Å². The van der Waals surface area contributed by atoms with Gasteiger partial charge in [0.25, 0.3) is 5.91 Å². The molecule has 126 valence electrons. The highest BCUT2D eigenvalue weighted by atomic mass is 16.5. The lowest BCUT2D eigenvalue weighted by Gasteiger charge is -2.36. The first-order valence-corrected chi connectivity index (χ1v) is 7.87. The van der Waals surface area contributed by atoms with Crippen LogP contribution in [0, 0.1) is 5.41 Å². The zero-order valence-corrected chi connectivity index (χ0v) is 14.3. The Morgan fingerprint density at radius 3 is 2.22 bits per heavy atom. The summed E-state index contributed by atoms with van der Waals surface area (Å²) in [4.78, 5) is 32.4. The SMILES string of the molecule is COc1ccc(C(=O)N2CCN(C(=O)CC(C)(C)C)CC2)cn1. The van der Waals surface area contributed by atoms with Crippen LogP contribution < -0.4 is 4.74 Å². The van der Waals surface area contributed by atoms with Crippen LogP contribution in [0.5, 0.6) is 5.88 Å². The molecule has 1 aromatic rings.